The fourth-order valence-electron chi connectivity index (χ4n) is 2.41. The second kappa shape index (κ2) is 11.9. The summed E-state index contributed by atoms with van der Waals surface area (Å²) < 4.78 is 37.2. The molecule has 0 fully saturated rings. The SMILES string of the molecule is CN=C(NCCCS(=O)(=O)Cc1ccccc1)NCc1ccc(F)cc1.I. The summed E-state index contributed by atoms with van der Waals surface area (Å²) in [6.45, 7) is 1.00. The van der Waals surface area contributed by atoms with Crippen molar-refractivity contribution >= 4 is 39.8 Å². The molecule has 0 aliphatic rings. The number of hydrogen-bond acceptors (Lipinski definition) is 3. The van der Waals surface area contributed by atoms with E-state index in [2.05, 4.69) is 15.6 Å². The first-order valence-corrected chi connectivity index (χ1v) is 10.2. The Morgan fingerprint density at radius 3 is 2.30 bits per heavy atom. The van der Waals surface area contributed by atoms with Crippen molar-refractivity contribution in [3.05, 3.63) is 71.5 Å². The Morgan fingerprint density at radius 2 is 1.67 bits per heavy atom. The first kappa shape index (κ1) is 23.4. The van der Waals surface area contributed by atoms with E-state index < -0.39 is 9.84 Å². The van der Waals surface area contributed by atoms with E-state index in [-0.39, 0.29) is 41.3 Å². The van der Waals surface area contributed by atoms with Crippen molar-refractivity contribution in [2.45, 2.75) is 18.7 Å². The van der Waals surface area contributed by atoms with Gasteiger partial charge < -0.3 is 10.6 Å². The molecule has 2 rings (SSSR count). The molecule has 2 aromatic rings. The number of nitrogens with zero attached hydrogens (tertiary/aromatic N) is 1. The Morgan fingerprint density at radius 1 is 1.00 bits per heavy atom. The summed E-state index contributed by atoms with van der Waals surface area (Å²) in [6.07, 6.45) is 0.492. The van der Waals surface area contributed by atoms with E-state index in [4.69, 9.17) is 0 Å². The zero-order valence-electron chi connectivity index (χ0n) is 15.2. The van der Waals surface area contributed by atoms with E-state index in [1.165, 1.54) is 12.1 Å². The summed E-state index contributed by atoms with van der Waals surface area (Å²) in [5.41, 5.74) is 1.73. The van der Waals surface area contributed by atoms with Gasteiger partial charge in [0.15, 0.2) is 15.8 Å². The van der Waals surface area contributed by atoms with Crippen LogP contribution in [0.2, 0.25) is 0 Å². The maximum Gasteiger partial charge on any atom is 0.191 e. The van der Waals surface area contributed by atoms with Crippen LogP contribution in [-0.4, -0.2) is 33.7 Å². The number of rotatable bonds is 8. The minimum Gasteiger partial charge on any atom is -0.356 e. The molecule has 0 saturated carbocycles. The summed E-state index contributed by atoms with van der Waals surface area (Å²) in [5, 5.41) is 6.20. The van der Waals surface area contributed by atoms with Crippen molar-refractivity contribution in [3.63, 3.8) is 0 Å². The highest BCUT2D eigenvalue weighted by atomic mass is 127. The summed E-state index contributed by atoms with van der Waals surface area (Å²) in [6, 6.07) is 15.4. The molecule has 2 aromatic carbocycles. The van der Waals surface area contributed by atoms with Gasteiger partial charge in [0.25, 0.3) is 0 Å². The molecule has 8 heteroatoms. The van der Waals surface area contributed by atoms with E-state index in [0.29, 0.717) is 25.5 Å². The van der Waals surface area contributed by atoms with Gasteiger partial charge >= 0.3 is 0 Å². The molecule has 0 aromatic heterocycles. The normalized spacial score (nSPS) is 11.6. The lowest BCUT2D eigenvalue weighted by molar-refractivity contribution is 0.591. The molecule has 0 aliphatic heterocycles. The molecule has 27 heavy (non-hydrogen) atoms. The van der Waals surface area contributed by atoms with Crippen LogP contribution in [0.1, 0.15) is 17.5 Å². The third-order valence-electron chi connectivity index (χ3n) is 3.75. The Labute approximate surface area is 177 Å². The predicted molar refractivity (Wildman–Crippen MR) is 119 cm³/mol. The number of guanidine groups is 1. The average Bonchev–Trinajstić information content (AvgIpc) is 2.63. The molecule has 0 bridgehead atoms. The zero-order valence-corrected chi connectivity index (χ0v) is 18.3. The van der Waals surface area contributed by atoms with Crippen molar-refractivity contribution < 1.29 is 12.8 Å². The summed E-state index contributed by atoms with van der Waals surface area (Å²) in [5.74, 6) is 0.484. The number of hydrogen-bond donors (Lipinski definition) is 2. The number of sulfone groups is 1. The van der Waals surface area contributed by atoms with Crippen LogP contribution >= 0.6 is 24.0 Å². The van der Waals surface area contributed by atoms with Gasteiger partial charge in [-0.05, 0) is 29.7 Å². The molecule has 0 saturated heterocycles. The quantitative estimate of drug-likeness (QED) is 0.251. The summed E-state index contributed by atoms with van der Waals surface area (Å²) in [4.78, 5) is 4.09. The minimum absolute atomic E-state index is 0. The fourth-order valence-corrected chi connectivity index (χ4v) is 3.84. The molecule has 0 radical (unpaired) electrons. The summed E-state index contributed by atoms with van der Waals surface area (Å²) >= 11 is 0. The average molecular weight is 505 g/mol. The second-order valence-corrected chi connectivity index (χ2v) is 8.09. The maximum atomic E-state index is 12.9. The minimum atomic E-state index is -3.13. The third-order valence-corrected chi connectivity index (χ3v) is 5.43. The van der Waals surface area contributed by atoms with Crippen LogP contribution in [0, 0.1) is 5.82 Å². The lowest BCUT2D eigenvalue weighted by Crippen LogP contribution is -2.37. The monoisotopic (exact) mass is 505 g/mol. The van der Waals surface area contributed by atoms with E-state index in [1.54, 1.807) is 19.2 Å². The van der Waals surface area contributed by atoms with Crippen molar-refractivity contribution in [2.24, 2.45) is 4.99 Å². The van der Waals surface area contributed by atoms with Gasteiger partial charge in [-0.15, -0.1) is 24.0 Å². The van der Waals surface area contributed by atoms with Gasteiger partial charge in [-0.3, -0.25) is 4.99 Å². The summed E-state index contributed by atoms with van der Waals surface area (Å²) in [7, 11) is -1.49. The molecule has 0 unspecified atom stereocenters. The fraction of sp³-hybridized carbons (Fsp3) is 0.316. The molecule has 148 valence electrons. The van der Waals surface area contributed by atoms with Crippen LogP contribution < -0.4 is 10.6 Å². The maximum absolute atomic E-state index is 12.9. The number of benzene rings is 2. The first-order chi connectivity index (χ1) is 12.5. The van der Waals surface area contributed by atoms with Crippen molar-refractivity contribution in [3.8, 4) is 0 Å². The highest BCUT2D eigenvalue weighted by molar-refractivity contribution is 14.0. The van der Waals surface area contributed by atoms with Crippen LogP contribution in [0.3, 0.4) is 0 Å². The number of halogens is 2. The van der Waals surface area contributed by atoms with Gasteiger partial charge in [-0.2, -0.15) is 0 Å². The van der Waals surface area contributed by atoms with E-state index in [9.17, 15) is 12.8 Å². The topological polar surface area (TPSA) is 70.6 Å². The lowest BCUT2D eigenvalue weighted by Gasteiger charge is -2.12. The Kier molecular flexibility index (Phi) is 10.3. The van der Waals surface area contributed by atoms with Gasteiger partial charge in [0.05, 0.1) is 11.5 Å². The van der Waals surface area contributed by atoms with Crippen LogP contribution in [0.5, 0.6) is 0 Å². The third kappa shape index (κ3) is 9.18. The lowest BCUT2D eigenvalue weighted by atomic mass is 10.2. The van der Waals surface area contributed by atoms with Crippen LogP contribution in [0.15, 0.2) is 59.6 Å². The molecule has 0 amide bonds. The van der Waals surface area contributed by atoms with Gasteiger partial charge in [0, 0.05) is 20.1 Å². The Balaban J connectivity index is 0.00000364. The Hall–Kier alpha value is -1.68. The van der Waals surface area contributed by atoms with Gasteiger partial charge in [0.2, 0.25) is 0 Å². The number of aliphatic imine (C=N–C) groups is 1. The molecule has 0 atom stereocenters. The highest BCUT2D eigenvalue weighted by Gasteiger charge is 2.11. The van der Waals surface area contributed by atoms with Gasteiger partial charge in [-0.25, -0.2) is 12.8 Å². The van der Waals surface area contributed by atoms with Crippen LogP contribution in [0.4, 0.5) is 4.39 Å². The zero-order chi connectivity index (χ0) is 18.8. The van der Waals surface area contributed by atoms with Crippen LogP contribution in [0.25, 0.3) is 0 Å². The molecule has 0 spiro atoms. The van der Waals surface area contributed by atoms with E-state index in [0.717, 1.165) is 11.1 Å². The van der Waals surface area contributed by atoms with E-state index in [1.807, 2.05) is 30.3 Å². The molecular weight excluding hydrogens is 480 g/mol. The van der Waals surface area contributed by atoms with Crippen LogP contribution in [-0.2, 0) is 22.1 Å². The van der Waals surface area contributed by atoms with Gasteiger partial charge in [-0.1, -0.05) is 42.5 Å². The van der Waals surface area contributed by atoms with Crippen molar-refractivity contribution in [2.75, 3.05) is 19.3 Å². The molecule has 5 nitrogen and oxygen atoms in total. The van der Waals surface area contributed by atoms with Crippen molar-refractivity contribution in [1.29, 1.82) is 0 Å². The molecule has 0 aliphatic carbocycles. The first-order valence-electron chi connectivity index (χ1n) is 8.42. The molecular formula is C19H25FIN3O2S. The molecule has 2 N–H and O–H groups in total. The van der Waals surface area contributed by atoms with Gasteiger partial charge in [0.1, 0.15) is 5.82 Å². The van der Waals surface area contributed by atoms with E-state index >= 15 is 0 Å². The second-order valence-electron chi connectivity index (χ2n) is 5.91. The van der Waals surface area contributed by atoms with Crippen molar-refractivity contribution in [1.82, 2.24) is 10.6 Å². The molecule has 0 heterocycles. The number of nitrogens with one attached hydrogen (secondary N) is 2. The smallest absolute Gasteiger partial charge is 0.191 e. The standard InChI is InChI=1S/C19H24FN3O2S.HI/c1-21-19(23-14-16-8-10-18(20)11-9-16)22-12-5-13-26(24,25)15-17-6-3-2-4-7-17;/h2-4,6-11H,5,12-15H2,1H3,(H2,21,22,23);1H. The Bertz CT molecular complexity index is 813. The largest absolute Gasteiger partial charge is 0.356 e. The highest BCUT2D eigenvalue weighted by Crippen LogP contribution is 2.07. The predicted octanol–water partition coefficient (Wildman–Crippen LogP) is 3.11.